The molecule has 0 aromatic heterocycles. The summed E-state index contributed by atoms with van der Waals surface area (Å²) < 4.78 is 0.561. The molecule has 17 heavy (non-hydrogen) atoms. The first kappa shape index (κ1) is 14.1. The van der Waals surface area contributed by atoms with Crippen LogP contribution >= 0.6 is 15.9 Å². The maximum Gasteiger partial charge on any atom is 0.283 e. The van der Waals surface area contributed by atoms with E-state index in [-0.39, 0.29) is 16.0 Å². The van der Waals surface area contributed by atoms with Gasteiger partial charge in [-0.1, -0.05) is 32.9 Å². The highest BCUT2D eigenvalue weighted by Gasteiger charge is 2.15. The van der Waals surface area contributed by atoms with Crippen molar-refractivity contribution in [3.8, 4) is 0 Å². The van der Waals surface area contributed by atoms with E-state index < -0.39 is 0 Å². The molecule has 0 aliphatic heterocycles. The third-order valence-electron chi connectivity index (χ3n) is 2.23. The number of nitro benzene ring substituents is 1. The molecule has 4 nitrogen and oxygen atoms in total. The fourth-order valence-electron chi connectivity index (χ4n) is 1.42. The van der Waals surface area contributed by atoms with Crippen LogP contribution in [-0.2, 0) is 6.54 Å². The van der Waals surface area contributed by atoms with Gasteiger partial charge in [-0.2, -0.15) is 0 Å². The lowest BCUT2D eigenvalue weighted by molar-refractivity contribution is -0.385. The first-order chi connectivity index (χ1) is 7.81. The minimum Gasteiger partial charge on any atom is -0.312 e. The number of hydrogen-bond acceptors (Lipinski definition) is 3. The second kappa shape index (κ2) is 5.60. The molecule has 0 saturated carbocycles. The fourth-order valence-corrected chi connectivity index (χ4v) is 1.97. The molecule has 0 spiro atoms. The van der Waals surface area contributed by atoms with E-state index in [1.54, 1.807) is 6.07 Å². The highest BCUT2D eigenvalue weighted by Crippen LogP contribution is 2.28. The molecule has 0 fully saturated rings. The van der Waals surface area contributed by atoms with Crippen molar-refractivity contribution in [1.82, 2.24) is 5.32 Å². The maximum atomic E-state index is 10.8. The zero-order valence-corrected chi connectivity index (χ0v) is 11.9. The van der Waals surface area contributed by atoms with Crippen molar-refractivity contribution in [2.24, 2.45) is 5.41 Å². The predicted octanol–water partition coefficient (Wildman–Crippen LogP) is 3.49. The van der Waals surface area contributed by atoms with Gasteiger partial charge in [0.05, 0.1) is 9.40 Å². The van der Waals surface area contributed by atoms with Gasteiger partial charge in [0.15, 0.2) is 0 Å². The van der Waals surface area contributed by atoms with Gasteiger partial charge >= 0.3 is 0 Å². The van der Waals surface area contributed by atoms with Crippen molar-refractivity contribution in [3.05, 3.63) is 38.3 Å². The smallest absolute Gasteiger partial charge is 0.283 e. The molecule has 0 amide bonds. The minimum absolute atomic E-state index is 0.111. The highest BCUT2D eigenvalue weighted by atomic mass is 79.9. The Morgan fingerprint density at radius 3 is 2.59 bits per heavy atom. The highest BCUT2D eigenvalue weighted by molar-refractivity contribution is 9.10. The van der Waals surface area contributed by atoms with E-state index >= 15 is 0 Å². The van der Waals surface area contributed by atoms with Crippen LogP contribution in [0.25, 0.3) is 0 Å². The Morgan fingerprint density at radius 2 is 2.06 bits per heavy atom. The lowest BCUT2D eigenvalue weighted by Crippen LogP contribution is -2.26. The third kappa shape index (κ3) is 4.44. The second-order valence-corrected chi connectivity index (χ2v) is 5.96. The van der Waals surface area contributed by atoms with Crippen LogP contribution in [0.15, 0.2) is 22.7 Å². The topological polar surface area (TPSA) is 55.2 Å². The first-order valence-electron chi connectivity index (χ1n) is 5.44. The molecule has 5 heteroatoms. The summed E-state index contributed by atoms with van der Waals surface area (Å²) in [5, 5.41) is 14.1. The molecule has 94 valence electrons. The molecule has 0 aliphatic rings. The Morgan fingerprint density at radius 1 is 1.41 bits per heavy atom. The minimum atomic E-state index is -0.378. The van der Waals surface area contributed by atoms with Gasteiger partial charge < -0.3 is 5.32 Å². The molecule has 1 rings (SSSR count). The van der Waals surface area contributed by atoms with Crippen molar-refractivity contribution < 1.29 is 4.92 Å². The summed E-state index contributed by atoms with van der Waals surface area (Å²) >= 11 is 3.28. The zero-order chi connectivity index (χ0) is 13.1. The molecular formula is C12H17BrN2O2. The molecule has 0 bridgehead atoms. The van der Waals surface area contributed by atoms with Crippen molar-refractivity contribution in [1.29, 1.82) is 0 Å². The van der Waals surface area contributed by atoms with E-state index in [2.05, 4.69) is 42.0 Å². The van der Waals surface area contributed by atoms with Crippen molar-refractivity contribution in [2.75, 3.05) is 6.54 Å². The summed E-state index contributed by atoms with van der Waals surface area (Å²) in [7, 11) is 0. The van der Waals surface area contributed by atoms with Crippen LogP contribution in [0.2, 0.25) is 0 Å². The first-order valence-corrected chi connectivity index (χ1v) is 6.23. The average molecular weight is 301 g/mol. The Kier molecular flexibility index (Phi) is 4.65. The number of halogens is 1. The van der Waals surface area contributed by atoms with E-state index in [1.807, 2.05) is 6.07 Å². The second-order valence-electron chi connectivity index (χ2n) is 5.17. The normalized spacial score (nSPS) is 11.5. The summed E-state index contributed by atoms with van der Waals surface area (Å²) in [5.74, 6) is 0. The van der Waals surface area contributed by atoms with Gasteiger partial charge in [0, 0.05) is 19.2 Å². The Bertz CT molecular complexity index is 413. The zero-order valence-electron chi connectivity index (χ0n) is 10.3. The van der Waals surface area contributed by atoms with Crippen LogP contribution in [0.5, 0.6) is 0 Å². The number of hydrogen-bond donors (Lipinski definition) is 1. The molecule has 0 atom stereocenters. The Labute approximate surface area is 110 Å². The number of nitro groups is 1. The van der Waals surface area contributed by atoms with E-state index in [0.29, 0.717) is 11.0 Å². The Balaban J connectivity index is 2.72. The van der Waals surface area contributed by atoms with Gasteiger partial charge in [0.25, 0.3) is 5.69 Å². The summed E-state index contributed by atoms with van der Waals surface area (Å²) in [5.41, 5.74) is 1.22. The average Bonchev–Trinajstić information content (AvgIpc) is 2.18. The van der Waals surface area contributed by atoms with Gasteiger partial charge in [-0.15, -0.1) is 0 Å². The number of nitrogens with zero attached hydrogens (tertiary/aromatic N) is 1. The van der Waals surface area contributed by atoms with Crippen molar-refractivity contribution in [2.45, 2.75) is 27.3 Å². The Hall–Kier alpha value is -0.940. The van der Waals surface area contributed by atoms with Crippen LogP contribution in [0.3, 0.4) is 0 Å². The number of nitrogens with one attached hydrogen (secondary N) is 1. The number of benzene rings is 1. The van der Waals surface area contributed by atoms with Crippen LogP contribution in [-0.4, -0.2) is 11.5 Å². The number of rotatable bonds is 4. The van der Waals surface area contributed by atoms with Gasteiger partial charge in [-0.05, 0) is 26.9 Å². The standard InChI is InChI=1S/C12H17BrN2O2/c1-12(2,3)8-14-7-9-5-4-6-10(11(9)13)15(16)17/h4-6,14H,7-8H2,1-3H3. The lowest BCUT2D eigenvalue weighted by Gasteiger charge is -2.19. The molecule has 0 saturated heterocycles. The van der Waals surface area contributed by atoms with Gasteiger partial charge in [-0.3, -0.25) is 10.1 Å². The van der Waals surface area contributed by atoms with Crippen molar-refractivity contribution in [3.63, 3.8) is 0 Å². The quantitative estimate of drug-likeness (QED) is 0.684. The van der Waals surface area contributed by atoms with Crippen LogP contribution < -0.4 is 5.32 Å². The summed E-state index contributed by atoms with van der Waals surface area (Å²) in [6.45, 7) is 7.91. The predicted molar refractivity (Wildman–Crippen MR) is 72.0 cm³/mol. The largest absolute Gasteiger partial charge is 0.312 e. The monoisotopic (exact) mass is 300 g/mol. The maximum absolute atomic E-state index is 10.8. The fraction of sp³-hybridized carbons (Fsp3) is 0.500. The molecule has 1 N–H and O–H groups in total. The van der Waals surface area contributed by atoms with E-state index in [0.717, 1.165) is 12.1 Å². The van der Waals surface area contributed by atoms with Gasteiger partial charge in [0.1, 0.15) is 0 Å². The molecule has 1 aromatic carbocycles. The summed E-state index contributed by atoms with van der Waals surface area (Å²) in [4.78, 5) is 10.4. The van der Waals surface area contributed by atoms with Gasteiger partial charge in [0.2, 0.25) is 0 Å². The summed E-state index contributed by atoms with van der Waals surface area (Å²) in [6.07, 6.45) is 0. The SMILES string of the molecule is CC(C)(C)CNCc1cccc([N+](=O)[O-])c1Br. The van der Waals surface area contributed by atoms with E-state index in [1.165, 1.54) is 6.07 Å². The molecule has 0 aliphatic carbocycles. The van der Waals surface area contributed by atoms with Crippen molar-refractivity contribution >= 4 is 21.6 Å². The third-order valence-corrected chi connectivity index (χ3v) is 3.14. The van der Waals surface area contributed by atoms with Crippen LogP contribution in [0.4, 0.5) is 5.69 Å². The summed E-state index contributed by atoms with van der Waals surface area (Å²) in [6, 6.07) is 5.08. The molecule has 0 heterocycles. The molecule has 1 aromatic rings. The molecule has 0 unspecified atom stereocenters. The van der Waals surface area contributed by atoms with E-state index in [9.17, 15) is 10.1 Å². The lowest BCUT2D eigenvalue weighted by atomic mass is 9.97. The molecular weight excluding hydrogens is 284 g/mol. The molecule has 0 radical (unpaired) electrons. The van der Waals surface area contributed by atoms with E-state index in [4.69, 9.17) is 0 Å². The van der Waals surface area contributed by atoms with Gasteiger partial charge in [-0.25, -0.2) is 0 Å². The van der Waals surface area contributed by atoms with Crippen LogP contribution in [0.1, 0.15) is 26.3 Å². The van der Waals surface area contributed by atoms with Crippen LogP contribution in [0, 0.1) is 15.5 Å².